The Hall–Kier alpha value is -2.17. The molecule has 1 heterocycles. The van der Waals surface area contributed by atoms with Gasteiger partial charge in [0.2, 0.25) is 0 Å². The zero-order chi connectivity index (χ0) is 17.2. The van der Waals surface area contributed by atoms with Crippen LogP contribution in [0.4, 0.5) is 18.9 Å². The van der Waals surface area contributed by atoms with Crippen molar-refractivity contribution in [1.82, 2.24) is 0 Å². The van der Waals surface area contributed by atoms with E-state index in [-0.39, 0.29) is 5.92 Å². The molecule has 0 saturated carbocycles. The van der Waals surface area contributed by atoms with E-state index in [1.165, 1.54) is 12.1 Å². The highest BCUT2D eigenvalue weighted by Gasteiger charge is 2.31. The van der Waals surface area contributed by atoms with Gasteiger partial charge in [-0.1, -0.05) is 30.3 Å². The van der Waals surface area contributed by atoms with Gasteiger partial charge in [0, 0.05) is 13.1 Å². The number of ether oxygens (including phenoxy) is 1. The first-order chi connectivity index (χ1) is 11.5. The predicted molar refractivity (Wildman–Crippen MR) is 88.6 cm³/mol. The summed E-state index contributed by atoms with van der Waals surface area (Å²) in [6, 6.07) is 13.6. The van der Waals surface area contributed by atoms with Crippen LogP contribution in [-0.4, -0.2) is 20.2 Å². The van der Waals surface area contributed by atoms with Crippen molar-refractivity contribution in [2.75, 3.05) is 25.1 Å². The van der Waals surface area contributed by atoms with Gasteiger partial charge in [-0.25, -0.2) is 0 Å². The fourth-order valence-corrected chi connectivity index (χ4v) is 3.31. The maximum Gasteiger partial charge on any atom is 0.416 e. The number of hydrogen-bond acceptors (Lipinski definition) is 2. The lowest BCUT2D eigenvalue weighted by Crippen LogP contribution is -2.33. The van der Waals surface area contributed by atoms with E-state index >= 15 is 0 Å². The molecule has 1 fully saturated rings. The molecule has 2 aromatic rings. The predicted octanol–water partition coefficient (Wildman–Crippen LogP) is 5.10. The monoisotopic (exact) mass is 335 g/mol. The van der Waals surface area contributed by atoms with Gasteiger partial charge < -0.3 is 9.64 Å². The molecular formula is C19H20F3NO. The second kappa shape index (κ2) is 6.75. The molecule has 3 rings (SSSR count). The fraction of sp³-hybridized carbons (Fsp3) is 0.368. The molecule has 0 atom stereocenters. The van der Waals surface area contributed by atoms with E-state index in [0.29, 0.717) is 0 Å². The first kappa shape index (κ1) is 16.7. The molecule has 24 heavy (non-hydrogen) atoms. The minimum Gasteiger partial charge on any atom is -0.495 e. The smallest absolute Gasteiger partial charge is 0.416 e. The summed E-state index contributed by atoms with van der Waals surface area (Å²) in [6.45, 7) is 1.61. The van der Waals surface area contributed by atoms with Crippen molar-refractivity contribution in [3.8, 4) is 5.75 Å². The Labute approximate surface area is 139 Å². The van der Waals surface area contributed by atoms with Gasteiger partial charge in [-0.15, -0.1) is 0 Å². The van der Waals surface area contributed by atoms with E-state index in [2.05, 4.69) is 4.90 Å². The summed E-state index contributed by atoms with van der Waals surface area (Å²) in [5.74, 6) is 0.994. The number of rotatable bonds is 3. The van der Waals surface area contributed by atoms with E-state index in [9.17, 15) is 13.2 Å². The van der Waals surface area contributed by atoms with Crippen LogP contribution in [0.25, 0.3) is 0 Å². The summed E-state index contributed by atoms with van der Waals surface area (Å²) >= 11 is 0. The van der Waals surface area contributed by atoms with Crippen molar-refractivity contribution in [3.63, 3.8) is 0 Å². The number of alkyl halides is 3. The van der Waals surface area contributed by atoms with Crippen LogP contribution in [0.1, 0.15) is 29.9 Å². The Morgan fingerprint density at radius 3 is 2.38 bits per heavy atom. The Morgan fingerprint density at radius 2 is 1.71 bits per heavy atom. The molecule has 0 amide bonds. The van der Waals surface area contributed by atoms with Gasteiger partial charge in [0.05, 0.1) is 18.4 Å². The van der Waals surface area contributed by atoms with Crippen molar-refractivity contribution < 1.29 is 17.9 Å². The number of halogens is 3. The van der Waals surface area contributed by atoms with Gasteiger partial charge in [0.15, 0.2) is 0 Å². The third-order valence-electron chi connectivity index (χ3n) is 4.61. The SMILES string of the molecule is COc1ccccc1N1CCC(c2cccc(C(F)(F)F)c2)CC1. The van der Waals surface area contributed by atoms with Crippen LogP contribution in [0.2, 0.25) is 0 Å². The van der Waals surface area contributed by atoms with Crippen LogP contribution < -0.4 is 9.64 Å². The van der Waals surface area contributed by atoms with Gasteiger partial charge in [-0.3, -0.25) is 0 Å². The minimum atomic E-state index is -4.28. The molecule has 0 unspecified atom stereocenters. The lowest BCUT2D eigenvalue weighted by Gasteiger charge is -2.34. The van der Waals surface area contributed by atoms with Crippen LogP contribution in [0.3, 0.4) is 0 Å². The molecular weight excluding hydrogens is 315 g/mol. The van der Waals surface area contributed by atoms with Gasteiger partial charge >= 0.3 is 6.18 Å². The van der Waals surface area contributed by atoms with Gasteiger partial charge in [0.1, 0.15) is 5.75 Å². The van der Waals surface area contributed by atoms with Crippen LogP contribution in [0.5, 0.6) is 5.75 Å². The van der Waals surface area contributed by atoms with E-state index in [1.807, 2.05) is 24.3 Å². The zero-order valence-electron chi connectivity index (χ0n) is 13.5. The highest BCUT2D eigenvalue weighted by Crippen LogP contribution is 2.36. The number of benzene rings is 2. The Kier molecular flexibility index (Phi) is 4.69. The number of hydrogen-bond donors (Lipinski definition) is 0. The van der Waals surface area contributed by atoms with E-state index in [1.54, 1.807) is 13.2 Å². The minimum absolute atomic E-state index is 0.165. The fourth-order valence-electron chi connectivity index (χ4n) is 3.31. The summed E-state index contributed by atoms with van der Waals surface area (Å²) in [7, 11) is 1.65. The van der Waals surface area contributed by atoms with Crippen LogP contribution in [0.15, 0.2) is 48.5 Å². The molecule has 0 aromatic heterocycles. The number of piperidine rings is 1. The van der Waals surface area contributed by atoms with E-state index in [0.717, 1.165) is 49.0 Å². The lowest BCUT2D eigenvalue weighted by molar-refractivity contribution is -0.137. The summed E-state index contributed by atoms with van der Waals surface area (Å²) < 4.78 is 44.0. The van der Waals surface area contributed by atoms with Crippen molar-refractivity contribution in [1.29, 1.82) is 0 Å². The first-order valence-corrected chi connectivity index (χ1v) is 8.04. The van der Waals surface area contributed by atoms with Crippen LogP contribution >= 0.6 is 0 Å². The maximum absolute atomic E-state index is 12.9. The number of methoxy groups -OCH3 is 1. The number of anilines is 1. The number of para-hydroxylation sites is 2. The molecule has 0 aliphatic carbocycles. The molecule has 0 bridgehead atoms. The summed E-state index contributed by atoms with van der Waals surface area (Å²) in [6.07, 6.45) is -2.62. The molecule has 0 radical (unpaired) electrons. The molecule has 0 spiro atoms. The molecule has 1 saturated heterocycles. The van der Waals surface area contributed by atoms with Gasteiger partial charge in [0.25, 0.3) is 0 Å². The average Bonchev–Trinajstić information content (AvgIpc) is 2.61. The quantitative estimate of drug-likeness (QED) is 0.774. The molecule has 1 aliphatic rings. The second-order valence-corrected chi connectivity index (χ2v) is 6.06. The Bertz CT molecular complexity index is 691. The van der Waals surface area contributed by atoms with E-state index in [4.69, 9.17) is 4.74 Å². The maximum atomic E-state index is 12.9. The summed E-state index contributed by atoms with van der Waals surface area (Å²) in [5.41, 5.74) is 1.26. The second-order valence-electron chi connectivity index (χ2n) is 6.06. The molecule has 2 nitrogen and oxygen atoms in total. The van der Waals surface area contributed by atoms with Crippen LogP contribution in [-0.2, 0) is 6.18 Å². The van der Waals surface area contributed by atoms with Gasteiger partial charge in [-0.05, 0) is 42.5 Å². The largest absolute Gasteiger partial charge is 0.495 e. The van der Waals surface area contributed by atoms with Crippen molar-refractivity contribution >= 4 is 5.69 Å². The molecule has 2 aromatic carbocycles. The third-order valence-corrected chi connectivity index (χ3v) is 4.61. The van der Waals surface area contributed by atoms with Crippen molar-refractivity contribution in [3.05, 3.63) is 59.7 Å². The summed E-state index contributed by atoms with van der Waals surface area (Å²) in [5, 5.41) is 0. The Balaban J connectivity index is 1.71. The normalized spacial score (nSPS) is 16.2. The average molecular weight is 335 g/mol. The molecule has 5 heteroatoms. The van der Waals surface area contributed by atoms with Crippen LogP contribution in [0, 0.1) is 0 Å². The molecule has 128 valence electrons. The standard InChI is InChI=1S/C19H20F3NO/c1-24-18-8-3-2-7-17(18)23-11-9-14(10-12-23)15-5-4-6-16(13-15)19(20,21)22/h2-8,13-14H,9-12H2,1H3. The van der Waals surface area contributed by atoms with Crippen molar-refractivity contribution in [2.45, 2.75) is 24.9 Å². The Morgan fingerprint density at radius 1 is 1.00 bits per heavy atom. The van der Waals surface area contributed by atoms with E-state index < -0.39 is 11.7 Å². The molecule has 0 N–H and O–H groups in total. The topological polar surface area (TPSA) is 12.5 Å². The van der Waals surface area contributed by atoms with Gasteiger partial charge in [-0.2, -0.15) is 13.2 Å². The lowest BCUT2D eigenvalue weighted by atomic mass is 9.88. The number of nitrogens with zero attached hydrogens (tertiary/aromatic N) is 1. The third kappa shape index (κ3) is 3.50. The molecule has 1 aliphatic heterocycles. The first-order valence-electron chi connectivity index (χ1n) is 8.04. The highest BCUT2D eigenvalue weighted by atomic mass is 19.4. The van der Waals surface area contributed by atoms with Crippen molar-refractivity contribution in [2.24, 2.45) is 0 Å². The summed E-state index contributed by atoms with van der Waals surface area (Å²) in [4.78, 5) is 2.24. The highest BCUT2D eigenvalue weighted by molar-refractivity contribution is 5.58. The zero-order valence-corrected chi connectivity index (χ0v) is 13.5.